The first kappa shape index (κ1) is 13.2. The molecule has 0 bridgehead atoms. The monoisotopic (exact) mass is 321 g/mol. The highest BCUT2D eigenvalue weighted by atomic mass is 79.9. The van der Waals surface area contributed by atoms with E-state index in [-0.39, 0.29) is 11.4 Å². The summed E-state index contributed by atoms with van der Waals surface area (Å²) in [5.41, 5.74) is 0.307. The summed E-state index contributed by atoms with van der Waals surface area (Å²) >= 11 is 3.23. The van der Waals surface area contributed by atoms with Gasteiger partial charge in [0.15, 0.2) is 0 Å². The van der Waals surface area contributed by atoms with Crippen molar-refractivity contribution in [3.05, 3.63) is 67.2 Å². The third-order valence-corrected chi connectivity index (χ3v) is 2.92. The van der Waals surface area contributed by atoms with Crippen molar-refractivity contribution in [3.8, 4) is 11.1 Å². The minimum atomic E-state index is -0.661. The second kappa shape index (κ2) is 5.15. The van der Waals surface area contributed by atoms with Gasteiger partial charge in [-0.15, -0.1) is 0 Å². The summed E-state index contributed by atoms with van der Waals surface area (Å²) in [5, 5.41) is 21.7. The molecule has 0 amide bonds. The van der Waals surface area contributed by atoms with Gasteiger partial charge in [-0.2, -0.15) is 0 Å². The molecule has 0 atom stereocenters. The summed E-state index contributed by atoms with van der Waals surface area (Å²) in [4.78, 5) is 20.4. The van der Waals surface area contributed by atoms with E-state index in [1.807, 2.05) is 0 Å². The van der Waals surface area contributed by atoms with Crippen LogP contribution in [0.2, 0.25) is 0 Å². The lowest BCUT2D eigenvalue weighted by Gasteiger charge is -2.03. The van der Waals surface area contributed by atoms with E-state index in [0.717, 1.165) is 6.07 Å². The molecule has 0 spiro atoms. The first-order valence-corrected chi connectivity index (χ1v) is 5.89. The summed E-state index contributed by atoms with van der Waals surface area (Å²) in [7, 11) is 0. The maximum absolute atomic E-state index is 11.0. The van der Waals surface area contributed by atoms with Crippen molar-refractivity contribution in [1.29, 1.82) is 0 Å². The van der Waals surface area contributed by atoms with Gasteiger partial charge in [-0.3, -0.25) is 20.2 Å². The molecule has 0 heterocycles. The first-order valence-electron chi connectivity index (χ1n) is 5.09. The lowest BCUT2D eigenvalue weighted by atomic mass is 10.0. The van der Waals surface area contributed by atoms with Crippen LogP contribution >= 0.6 is 15.9 Å². The number of benzene rings is 2. The highest BCUT2D eigenvalue weighted by Crippen LogP contribution is 2.33. The molecule has 0 aliphatic rings. The zero-order valence-corrected chi connectivity index (χ0v) is 11.0. The number of hydrogen-bond acceptors (Lipinski definition) is 4. The molecule has 19 heavy (non-hydrogen) atoms. The third-order valence-electron chi connectivity index (χ3n) is 2.47. The summed E-state index contributed by atoms with van der Waals surface area (Å²) in [5.74, 6) is 0. The van der Waals surface area contributed by atoms with Gasteiger partial charge >= 0.3 is 0 Å². The van der Waals surface area contributed by atoms with Gasteiger partial charge in [0.05, 0.1) is 21.5 Å². The Morgan fingerprint density at radius 2 is 1.79 bits per heavy atom. The Balaban J connectivity index is 2.63. The topological polar surface area (TPSA) is 86.3 Å². The largest absolute Gasteiger partial charge is 0.284 e. The Kier molecular flexibility index (Phi) is 3.57. The van der Waals surface area contributed by atoms with E-state index in [1.165, 1.54) is 12.1 Å². The fraction of sp³-hybridized carbons (Fsp3) is 0. The number of nitrogens with zero attached hydrogens (tertiary/aromatic N) is 2. The molecule has 95 valence electrons. The summed E-state index contributed by atoms with van der Waals surface area (Å²) < 4.78 is 0.651. The van der Waals surface area contributed by atoms with Crippen LogP contribution in [0.1, 0.15) is 0 Å². The van der Waals surface area contributed by atoms with Crippen molar-refractivity contribution < 1.29 is 9.85 Å². The van der Waals surface area contributed by atoms with E-state index in [9.17, 15) is 20.2 Å². The quantitative estimate of drug-likeness (QED) is 0.636. The second-order valence-electron chi connectivity index (χ2n) is 3.64. The average Bonchev–Trinajstić information content (AvgIpc) is 2.37. The van der Waals surface area contributed by atoms with Gasteiger partial charge in [0.25, 0.3) is 11.4 Å². The highest BCUT2D eigenvalue weighted by Gasteiger charge is 2.20. The lowest BCUT2D eigenvalue weighted by Crippen LogP contribution is -1.95. The van der Waals surface area contributed by atoms with Crippen molar-refractivity contribution in [1.82, 2.24) is 0 Å². The number of hydrogen-bond donors (Lipinski definition) is 0. The molecule has 7 heteroatoms. The number of non-ortho nitro benzene ring substituents is 1. The summed E-state index contributed by atoms with van der Waals surface area (Å²) in [6.45, 7) is 0. The molecule has 1 radical (unpaired) electrons. The van der Waals surface area contributed by atoms with Crippen LogP contribution in [-0.2, 0) is 0 Å². The van der Waals surface area contributed by atoms with Crippen LogP contribution in [-0.4, -0.2) is 9.85 Å². The maximum atomic E-state index is 11.0. The van der Waals surface area contributed by atoms with Crippen molar-refractivity contribution in [2.45, 2.75) is 0 Å². The Hall–Kier alpha value is -2.28. The summed E-state index contributed by atoms with van der Waals surface area (Å²) in [6.07, 6.45) is 0. The van der Waals surface area contributed by atoms with Gasteiger partial charge in [-0.1, -0.05) is 28.1 Å². The van der Waals surface area contributed by atoms with E-state index in [4.69, 9.17) is 0 Å². The molecule has 0 fully saturated rings. The van der Waals surface area contributed by atoms with Gasteiger partial charge < -0.3 is 0 Å². The SMILES string of the molecule is O=[N+]([O-])c1ccc(-c2cc[c]c(Br)c2)c([N+](=O)[O-])c1. The van der Waals surface area contributed by atoms with Gasteiger partial charge in [-0.25, -0.2) is 0 Å². The smallest absolute Gasteiger partial charge is 0.258 e. The molecule has 0 N–H and O–H groups in total. The fourth-order valence-electron chi connectivity index (χ4n) is 1.63. The van der Waals surface area contributed by atoms with E-state index in [2.05, 4.69) is 22.0 Å². The molecule has 0 unspecified atom stereocenters. The molecular formula is C12H6BrN2O4. The molecule has 2 aromatic rings. The van der Waals surface area contributed by atoms with E-state index < -0.39 is 9.85 Å². The highest BCUT2D eigenvalue weighted by molar-refractivity contribution is 9.10. The Morgan fingerprint density at radius 1 is 1.05 bits per heavy atom. The number of rotatable bonds is 3. The third kappa shape index (κ3) is 2.76. The Labute approximate surface area is 116 Å². The Bertz CT molecular complexity index is 673. The predicted molar refractivity (Wildman–Crippen MR) is 71.7 cm³/mol. The predicted octanol–water partition coefficient (Wildman–Crippen LogP) is 3.73. The van der Waals surface area contributed by atoms with E-state index in [1.54, 1.807) is 18.2 Å². The first-order chi connectivity index (χ1) is 8.99. The van der Waals surface area contributed by atoms with Crippen molar-refractivity contribution in [2.75, 3.05) is 0 Å². The molecule has 6 nitrogen and oxygen atoms in total. The maximum Gasteiger partial charge on any atom is 0.284 e. The van der Waals surface area contributed by atoms with Gasteiger partial charge in [0.2, 0.25) is 0 Å². The van der Waals surface area contributed by atoms with Gasteiger partial charge in [-0.05, 0) is 23.8 Å². The zero-order valence-electron chi connectivity index (χ0n) is 9.37. The molecule has 0 saturated carbocycles. The molecule has 0 aliphatic carbocycles. The summed E-state index contributed by atoms with van der Waals surface area (Å²) in [6, 6.07) is 11.4. The average molecular weight is 322 g/mol. The van der Waals surface area contributed by atoms with Crippen LogP contribution in [0.15, 0.2) is 40.9 Å². The standard InChI is InChI=1S/C12H6BrN2O4/c13-9-3-1-2-8(6-9)11-5-4-10(14(16)17)7-12(11)15(18)19/h1-2,4-7H. The number of nitro groups is 2. The Morgan fingerprint density at radius 3 is 2.37 bits per heavy atom. The minimum absolute atomic E-state index is 0.299. The molecular weight excluding hydrogens is 316 g/mol. The van der Waals surface area contributed by atoms with Crippen LogP contribution < -0.4 is 0 Å². The van der Waals surface area contributed by atoms with Crippen molar-refractivity contribution in [2.24, 2.45) is 0 Å². The van der Waals surface area contributed by atoms with Gasteiger partial charge in [0, 0.05) is 10.5 Å². The van der Waals surface area contributed by atoms with Gasteiger partial charge in [0.1, 0.15) is 0 Å². The van der Waals surface area contributed by atoms with Crippen LogP contribution in [0, 0.1) is 26.3 Å². The second-order valence-corrected chi connectivity index (χ2v) is 4.50. The number of nitro benzene ring substituents is 2. The van der Waals surface area contributed by atoms with Crippen LogP contribution in [0.5, 0.6) is 0 Å². The molecule has 0 aliphatic heterocycles. The lowest BCUT2D eigenvalue weighted by molar-refractivity contribution is -0.393. The van der Waals surface area contributed by atoms with Crippen molar-refractivity contribution >= 4 is 27.3 Å². The number of halogens is 1. The van der Waals surface area contributed by atoms with Crippen molar-refractivity contribution in [3.63, 3.8) is 0 Å². The fourth-order valence-corrected chi connectivity index (χ4v) is 2.01. The minimum Gasteiger partial charge on any atom is -0.258 e. The van der Waals surface area contributed by atoms with E-state index >= 15 is 0 Å². The molecule has 0 aromatic heterocycles. The molecule has 0 saturated heterocycles. The van der Waals surface area contributed by atoms with Crippen LogP contribution in [0.3, 0.4) is 0 Å². The zero-order chi connectivity index (χ0) is 14.0. The molecule has 2 aromatic carbocycles. The van der Waals surface area contributed by atoms with Crippen LogP contribution in [0.4, 0.5) is 11.4 Å². The van der Waals surface area contributed by atoms with Crippen LogP contribution in [0.25, 0.3) is 11.1 Å². The van der Waals surface area contributed by atoms with E-state index in [0.29, 0.717) is 15.6 Å². The normalized spacial score (nSPS) is 10.2. The molecule has 2 rings (SSSR count).